The summed E-state index contributed by atoms with van der Waals surface area (Å²) < 4.78 is 5.23. The number of guanidine groups is 1. The van der Waals surface area contributed by atoms with Crippen LogP contribution < -0.4 is 10.1 Å². The maximum absolute atomic E-state index is 10.0. The molecule has 1 unspecified atom stereocenters. The molecular formula is C21H27N3O2. The van der Waals surface area contributed by atoms with E-state index in [1.165, 1.54) is 12.0 Å². The SMILES string of the molecule is CN=C(NCc1cc(OC)ccc1O)N1CCC(Cc2ccccc2)C1. The highest BCUT2D eigenvalue weighted by molar-refractivity contribution is 5.80. The molecule has 1 atom stereocenters. The molecule has 3 rings (SSSR count). The van der Waals surface area contributed by atoms with E-state index in [2.05, 4.69) is 45.5 Å². The first-order valence-corrected chi connectivity index (χ1v) is 9.05. The molecule has 1 aliphatic rings. The Balaban J connectivity index is 1.56. The van der Waals surface area contributed by atoms with Gasteiger partial charge in [0.25, 0.3) is 0 Å². The van der Waals surface area contributed by atoms with E-state index in [9.17, 15) is 5.11 Å². The molecule has 1 saturated heterocycles. The van der Waals surface area contributed by atoms with Crippen molar-refractivity contribution in [2.24, 2.45) is 10.9 Å². The molecule has 0 radical (unpaired) electrons. The summed E-state index contributed by atoms with van der Waals surface area (Å²) in [6.45, 7) is 2.51. The zero-order valence-electron chi connectivity index (χ0n) is 15.5. The number of phenols is 1. The number of hydrogen-bond donors (Lipinski definition) is 2. The lowest BCUT2D eigenvalue weighted by atomic mass is 9.99. The molecular weight excluding hydrogens is 326 g/mol. The van der Waals surface area contributed by atoms with Gasteiger partial charge in [0, 0.05) is 32.2 Å². The summed E-state index contributed by atoms with van der Waals surface area (Å²) in [5, 5.41) is 13.4. The first-order chi connectivity index (χ1) is 12.7. The van der Waals surface area contributed by atoms with E-state index in [0.29, 0.717) is 12.5 Å². The van der Waals surface area contributed by atoms with Gasteiger partial charge < -0.3 is 20.1 Å². The summed E-state index contributed by atoms with van der Waals surface area (Å²) in [6.07, 6.45) is 2.27. The van der Waals surface area contributed by atoms with Gasteiger partial charge in [0.2, 0.25) is 0 Å². The molecule has 1 aliphatic heterocycles. The largest absolute Gasteiger partial charge is 0.508 e. The summed E-state index contributed by atoms with van der Waals surface area (Å²) >= 11 is 0. The lowest BCUT2D eigenvalue weighted by Crippen LogP contribution is -2.39. The van der Waals surface area contributed by atoms with Crippen molar-refractivity contribution in [1.29, 1.82) is 0 Å². The molecule has 5 nitrogen and oxygen atoms in total. The van der Waals surface area contributed by atoms with Crippen molar-refractivity contribution in [3.63, 3.8) is 0 Å². The molecule has 5 heteroatoms. The summed E-state index contributed by atoms with van der Waals surface area (Å²) in [5.74, 6) is 2.51. The van der Waals surface area contributed by atoms with Crippen molar-refractivity contribution in [3.8, 4) is 11.5 Å². The van der Waals surface area contributed by atoms with Crippen LogP contribution in [-0.2, 0) is 13.0 Å². The van der Waals surface area contributed by atoms with Gasteiger partial charge in [-0.1, -0.05) is 30.3 Å². The second kappa shape index (κ2) is 8.61. The first-order valence-electron chi connectivity index (χ1n) is 9.05. The number of rotatable bonds is 5. The number of likely N-dealkylation sites (tertiary alicyclic amines) is 1. The number of phenolic OH excluding ortho intramolecular Hbond substituents is 1. The normalized spacial score (nSPS) is 17.4. The predicted molar refractivity (Wildman–Crippen MR) is 105 cm³/mol. The van der Waals surface area contributed by atoms with Crippen LogP contribution in [0.5, 0.6) is 11.5 Å². The van der Waals surface area contributed by atoms with Crippen LogP contribution in [0.2, 0.25) is 0 Å². The monoisotopic (exact) mass is 353 g/mol. The molecule has 26 heavy (non-hydrogen) atoms. The van der Waals surface area contributed by atoms with Gasteiger partial charge in [-0.15, -0.1) is 0 Å². The molecule has 0 amide bonds. The maximum Gasteiger partial charge on any atom is 0.193 e. The van der Waals surface area contributed by atoms with E-state index in [1.54, 1.807) is 26.3 Å². The molecule has 0 aromatic heterocycles. The summed E-state index contributed by atoms with van der Waals surface area (Å²) in [4.78, 5) is 6.71. The van der Waals surface area contributed by atoms with Gasteiger partial charge in [0.15, 0.2) is 5.96 Å². The quantitative estimate of drug-likeness (QED) is 0.641. The Labute approximate surface area is 155 Å². The van der Waals surface area contributed by atoms with Crippen molar-refractivity contribution in [2.75, 3.05) is 27.2 Å². The zero-order chi connectivity index (χ0) is 18.4. The van der Waals surface area contributed by atoms with E-state index in [1.807, 2.05) is 6.07 Å². The van der Waals surface area contributed by atoms with Crippen LogP contribution in [0.15, 0.2) is 53.5 Å². The molecule has 0 saturated carbocycles. The molecule has 0 bridgehead atoms. The Morgan fingerprint density at radius 2 is 2.08 bits per heavy atom. The fraction of sp³-hybridized carbons (Fsp3) is 0.381. The zero-order valence-corrected chi connectivity index (χ0v) is 15.5. The van der Waals surface area contributed by atoms with Gasteiger partial charge in [0.1, 0.15) is 11.5 Å². The van der Waals surface area contributed by atoms with Crippen LogP contribution >= 0.6 is 0 Å². The second-order valence-electron chi connectivity index (χ2n) is 6.69. The third kappa shape index (κ3) is 4.48. The second-order valence-corrected chi connectivity index (χ2v) is 6.69. The van der Waals surface area contributed by atoms with Gasteiger partial charge in [-0.25, -0.2) is 0 Å². The summed E-state index contributed by atoms with van der Waals surface area (Å²) in [6, 6.07) is 15.9. The number of ether oxygens (including phenoxy) is 1. The minimum atomic E-state index is 0.261. The predicted octanol–water partition coefficient (Wildman–Crippen LogP) is 3.04. The highest BCUT2D eigenvalue weighted by Gasteiger charge is 2.25. The van der Waals surface area contributed by atoms with E-state index in [4.69, 9.17) is 4.74 Å². The molecule has 138 valence electrons. The van der Waals surface area contributed by atoms with Crippen molar-refractivity contribution in [3.05, 3.63) is 59.7 Å². The molecule has 2 aromatic carbocycles. The first kappa shape index (κ1) is 18.1. The smallest absolute Gasteiger partial charge is 0.193 e. The molecule has 2 N–H and O–H groups in total. The Hall–Kier alpha value is -2.69. The fourth-order valence-corrected chi connectivity index (χ4v) is 3.48. The summed E-state index contributed by atoms with van der Waals surface area (Å²) in [7, 11) is 3.43. The minimum absolute atomic E-state index is 0.261. The van der Waals surface area contributed by atoms with Gasteiger partial charge in [-0.05, 0) is 42.5 Å². The average Bonchev–Trinajstić information content (AvgIpc) is 3.12. The van der Waals surface area contributed by atoms with Crippen LogP contribution in [0.1, 0.15) is 17.5 Å². The number of benzene rings is 2. The average molecular weight is 353 g/mol. The highest BCUT2D eigenvalue weighted by atomic mass is 16.5. The van der Waals surface area contributed by atoms with E-state index in [0.717, 1.165) is 36.8 Å². The van der Waals surface area contributed by atoms with Crippen molar-refractivity contribution in [1.82, 2.24) is 10.2 Å². The standard InChI is InChI=1S/C21H27N3O2/c1-22-21(23-14-18-13-19(26-2)8-9-20(18)25)24-11-10-17(15-24)12-16-6-4-3-5-7-16/h3-9,13,17,25H,10-12,14-15H2,1-2H3,(H,22,23). The highest BCUT2D eigenvalue weighted by Crippen LogP contribution is 2.24. The van der Waals surface area contributed by atoms with Crippen molar-refractivity contribution < 1.29 is 9.84 Å². The summed E-state index contributed by atoms with van der Waals surface area (Å²) in [5.41, 5.74) is 2.19. The van der Waals surface area contributed by atoms with Crippen molar-refractivity contribution >= 4 is 5.96 Å². The fourth-order valence-electron chi connectivity index (χ4n) is 3.48. The van der Waals surface area contributed by atoms with Gasteiger partial charge >= 0.3 is 0 Å². The van der Waals surface area contributed by atoms with Crippen LogP contribution in [0, 0.1) is 5.92 Å². The molecule has 2 aromatic rings. The molecule has 0 spiro atoms. The van der Waals surface area contributed by atoms with Crippen LogP contribution in [0.3, 0.4) is 0 Å². The minimum Gasteiger partial charge on any atom is -0.508 e. The Morgan fingerprint density at radius 3 is 2.81 bits per heavy atom. The molecule has 1 fully saturated rings. The number of aliphatic imine (C=N–C) groups is 1. The number of methoxy groups -OCH3 is 1. The third-order valence-corrected chi connectivity index (χ3v) is 4.89. The lowest BCUT2D eigenvalue weighted by molar-refractivity contribution is 0.410. The Bertz CT molecular complexity index is 746. The number of hydrogen-bond acceptors (Lipinski definition) is 3. The third-order valence-electron chi connectivity index (χ3n) is 4.89. The van der Waals surface area contributed by atoms with Gasteiger partial charge in [-0.2, -0.15) is 0 Å². The Morgan fingerprint density at radius 1 is 1.27 bits per heavy atom. The number of nitrogens with one attached hydrogen (secondary N) is 1. The van der Waals surface area contributed by atoms with Crippen LogP contribution in [-0.4, -0.2) is 43.2 Å². The van der Waals surface area contributed by atoms with Crippen molar-refractivity contribution in [2.45, 2.75) is 19.4 Å². The van der Waals surface area contributed by atoms with E-state index in [-0.39, 0.29) is 5.75 Å². The molecule has 1 heterocycles. The maximum atomic E-state index is 10.0. The van der Waals surface area contributed by atoms with Gasteiger partial charge in [0.05, 0.1) is 7.11 Å². The topological polar surface area (TPSA) is 57.1 Å². The van der Waals surface area contributed by atoms with E-state index < -0.39 is 0 Å². The lowest BCUT2D eigenvalue weighted by Gasteiger charge is -2.22. The van der Waals surface area contributed by atoms with E-state index >= 15 is 0 Å². The number of nitrogens with zero attached hydrogens (tertiary/aromatic N) is 2. The number of aromatic hydroxyl groups is 1. The Kier molecular flexibility index (Phi) is 6.00. The van der Waals surface area contributed by atoms with Gasteiger partial charge in [-0.3, -0.25) is 4.99 Å². The van der Waals surface area contributed by atoms with Crippen LogP contribution in [0.4, 0.5) is 0 Å². The molecule has 0 aliphatic carbocycles. The van der Waals surface area contributed by atoms with Crippen LogP contribution in [0.25, 0.3) is 0 Å².